The highest BCUT2D eigenvalue weighted by Gasteiger charge is 2.61. The third-order valence-corrected chi connectivity index (χ3v) is 6.18. The Hall–Kier alpha value is -0.600. The van der Waals surface area contributed by atoms with Gasteiger partial charge in [-0.05, 0) is 47.6 Å². The van der Waals surface area contributed by atoms with Crippen LogP contribution in [0.4, 0.5) is 0 Å². The van der Waals surface area contributed by atoms with Crippen LogP contribution in [0.15, 0.2) is 18.3 Å². The summed E-state index contributed by atoms with van der Waals surface area (Å²) in [5.74, 6) is 0.825. The first-order chi connectivity index (χ1) is 8.93. The van der Waals surface area contributed by atoms with Crippen molar-refractivity contribution < 1.29 is 4.74 Å². The highest BCUT2D eigenvalue weighted by molar-refractivity contribution is 6.29. The van der Waals surface area contributed by atoms with Crippen molar-refractivity contribution in [3.05, 3.63) is 29.0 Å². The molecule has 3 rings (SSSR count). The van der Waals surface area contributed by atoms with Crippen molar-refractivity contribution in [3.8, 4) is 0 Å². The molecule has 0 amide bonds. The van der Waals surface area contributed by atoms with E-state index in [4.69, 9.17) is 16.3 Å². The molecule has 2 nitrogen and oxygen atoms in total. The molecule has 2 aliphatic rings. The third-order valence-electron chi connectivity index (χ3n) is 5.95. The third kappa shape index (κ3) is 2.00. The minimum atomic E-state index is 0.331. The second-order valence-corrected chi connectivity index (χ2v) is 7.29. The number of rotatable bonds is 3. The summed E-state index contributed by atoms with van der Waals surface area (Å²) in [5, 5.41) is 0.539. The molecule has 2 saturated carbocycles. The number of ether oxygens (including phenoxy) is 1. The molecule has 1 aromatic heterocycles. The van der Waals surface area contributed by atoms with Crippen LogP contribution in [0.1, 0.15) is 45.6 Å². The van der Waals surface area contributed by atoms with Crippen molar-refractivity contribution in [3.63, 3.8) is 0 Å². The van der Waals surface area contributed by atoms with E-state index in [-0.39, 0.29) is 0 Å². The first-order valence-corrected chi connectivity index (χ1v) is 7.53. The van der Waals surface area contributed by atoms with Crippen LogP contribution in [-0.2, 0) is 11.3 Å². The maximum absolute atomic E-state index is 6.22. The predicted molar refractivity (Wildman–Crippen MR) is 77.1 cm³/mol. The summed E-state index contributed by atoms with van der Waals surface area (Å²) >= 11 is 5.80. The standard InChI is InChI=1S/C16H22ClNO/c1-15(2)12-6-7-16(15,3)13(8-12)19-10-11-4-5-14(17)18-9-11/h4-5,9,12-13H,6-8,10H2,1-3H3. The Balaban J connectivity index is 1.67. The van der Waals surface area contributed by atoms with Gasteiger partial charge in [0.2, 0.25) is 0 Å². The summed E-state index contributed by atoms with van der Waals surface area (Å²) in [6, 6.07) is 3.82. The summed E-state index contributed by atoms with van der Waals surface area (Å²) in [4.78, 5) is 4.10. The van der Waals surface area contributed by atoms with E-state index in [0.717, 1.165) is 11.5 Å². The van der Waals surface area contributed by atoms with Crippen LogP contribution in [0, 0.1) is 16.7 Å². The monoisotopic (exact) mass is 279 g/mol. The molecule has 2 aliphatic carbocycles. The quantitative estimate of drug-likeness (QED) is 0.762. The Morgan fingerprint density at radius 1 is 1.37 bits per heavy atom. The van der Waals surface area contributed by atoms with Crippen LogP contribution in [0.5, 0.6) is 0 Å². The zero-order valence-electron chi connectivity index (χ0n) is 11.9. The second kappa shape index (κ2) is 4.46. The van der Waals surface area contributed by atoms with Gasteiger partial charge in [0.1, 0.15) is 5.15 Å². The van der Waals surface area contributed by atoms with Crippen LogP contribution in [0.2, 0.25) is 5.15 Å². The lowest BCUT2D eigenvalue weighted by atomic mass is 9.70. The van der Waals surface area contributed by atoms with Crippen LogP contribution in [0.25, 0.3) is 0 Å². The zero-order valence-corrected chi connectivity index (χ0v) is 12.7. The van der Waals surface area contributed by atoms with Gasteiger partial charge in [0.15, 0.2) is 0 Å². The van der Waals surface area contributed by atoms with Gasteiger partial charge >= 0.3 is 0 Å². The number of nitrogens with zero attached hydrogens (tertiary/aromatic N) is 1. The fourth-order valence-corrected chi connectivity index (χ4v) is 4.18. The van der Waals surface area contributed by atoms with Gasteiger partial charge in [0.05, 0.1) is 12.7 Å². The molecule has 0 aliphatic heterocycles. The van der Waals surface area contributed by atoms with E-state index >= 15 is 0 Å². The first kappa shape index (κ1) is 13.4. The highest BCUT2D eigenvalue weighted by Crippen LogP contribution is 2.66. The van der Waals surface area contributed by atoms with E-state index in [1.807, 2.05) is 18.3 Å². The van der Waals surface area contributed by atoms with Gasteiger partial charge < -0.3 is 4.74 Å². The SMILES string of the molecule is CC1(C)C2CCC1(C)C(OCc1ccc(Cl)nc1)C2. The van der Waals surface area contributed by atoms with E-state index in [1.165, 1.54) is 19.3 Å². The van der Waals surface area contributed by atoms with Crippen molar-refractivity contribution in [2.45, 2.75) is 52.7 Å². The van der Waals surface area contributed by atoms with Crippen LogP contribution in [0.3, 0.4) is 0 Å². The van der Waals surface area contributed by atoms with Gasteiger partial charge in [-0.3, -0.25) is 0 Å². The van der Waals surface area contributed by atoms with Crippen molar-refractivity contribution >= 4 is 11.6 Å². The van der Waals surface area contributed by atoms with E-state index in [2.05, 4.69) is 25.8 Å². The topological polar surface area (TPSA) is 22.1 Å². The largest absolute Gasteiger partial charge is 0.373 e. The van der Waals surface area contributed by atoms with E-state index in [0.29, 0.717) is 28.7 Å². The number of hydrogen-bond donors (Lipinski definition) is 0. The molecule has 0 radical (unpaired) electrons. The van der Waals surface area contributed by atoms with Gasteiger partial charge in [-0.2, -0.15) is 0 Å². The van der Waals surface area contributed by atoms with Gasteiger partial charge in [-0.25, -0.2) is 4.98 Å². The van der Waals surface area contributed by atoms with Crippen molar-refractivity contribution in [2.24, 2.45) is 16.7 Å². The van der Waals surface area contributed by atoms with E-state index in [9.17, 15) is 0 Å². The minimum absolute atomic E-state index is 0.331. The molecule has 3 atom stereocenters. The second-order valence-electron chi connectivity index (χ2n) is 6.90. The average Bonchev–Trinajstić information content (AvgIpc) is 2.71. The lowest BCUT2D eigenvalue weighted by Gasteiger charge is -2.38. The Kier molecular flexibility index (Phi) is 3.14. The molecule has 2 fully saturated rings. The Bertz CT molecular complexity index is 470. The maximum Gasteiger partial charge on any atom is 0.129 e. The van der Waals surface area contributed by atoms with Crippen molar-refractivity contribution in [2.75, 3.05) is 0 Å². The summed E-state index contributed by atoms with van der Waals surface area (Å²) in [5.41, 5.74) is 1.85. The first-order valence-electron chi connectivity index (χ1n) is 7.15. The fraction of sp³-hybridized carbons (Fsp3) is 0.688. The number of hydrogen-bond acceptors (Lipinski definition) is 2. The molecular weight excluding hydrogens is 258 g/mol. The minimum Gasteiger partial charge on any atom is -0.373 e. The smallest absolute Gasteiger partial charge is 0.129 e. The molecule has 2 bridgehead atoms. The predicted octanol–water partition coefficient (Wildman–Crippen LogP) is 4.47. The van der Waals surface area contributed by atoms with Crippen molar-refractivity contribution in [1.82, 2.24) is 4.98 Å². The summed E-state index contributed by atoms with van der Waals surface area (Å²) in [7, 11) is 0. The van der Waals surface area contributed by atoms with E-state index < -0.39 is 0 Å². The van der Waals surface area contributed by atoms with E-state index in [1.54, 1.807) is 0 Å². The van der Waals surface area contributed by atoms with Crippen LogP contribution in [-0.4, -0.2) is 11.1 Å². The average molecular weight is 280 g/mol. The normalized spacial score (nSPS) is 35.8. The molecule has 3 unspecified atom stereocenters. The zero-order chi connectivity index (χ0) is 13.7. The van der Waals surface area contributed by atoms with Gasteiger partial charge in [0.25, 0.3) is 0 Å². The lowest BCUT2D eigenvalue weighted by Crippen LogP contribution is -2.37. The molecule has 0 spiro atoms. The summed E-state index contributed by atoms with van der Waals surface area (Å²) in [6.45, 7) is 7.88. The molecule has 0 aromatic carbocycles. The molecular formula is C16H22ClNO. The number of aromatic nitrogens is 1. The van der Waals surface area contributed by atoms with Crippen LogP contribution < -0.4 is 0 Å². The summed E-state index contributed by atoms with van der Waals surface area (Å²) < 4.78 is 6.22. The molecule has 104 valence electrons. The molecule has 19 heavy (non-hydrogen) atoms. The Labute approximate surface area is 120 Å². The molecule has 0 saturated heterocycles. The van der Waals surface area contributed by atoms with Gasteiger partial charge in [0, 0.05) is 6.20 Å². The fourth-order valence-electron chi connectivity index (χ4n) is 4.07. The summed E-state index contributed by atoms with van der Waals surface area (Å²) in [6.07, 6.45) is 6.07. The molecule has 0 N–H and O–H groups in total. The number of pyridine rings is 1. The molecule has 1 heterocycles. The van der Waals surface area contributed by atoms with Crippen LogP contribution >= 0.6 is 11.6 Å². The number of fused-ring (bicyclic) bond motifs is 2. The van der Waals surface area contributed by atoms with Crippen molar-refractivity contribution in [1.29, 1.82) is 0 Å². The van der Waals surface area contributed by atoms with Gasteiger partial charge in [-0.15, -0.1) is 0 Å². The molecule has 1 aromatic rings. The number of halogens is 1. The lowest BCUT2D eigenvalue weighted by molar-refractivity contribution is -0.0551. The Morgan fingerprint density at radius 3 is 2.68 bits per heavy atom. The highest BCUT2D eigenvalue weighted by atomic mass is 35.5. The Morgan fingerprint density at radius 2 is 2.16 bits per heavy atom. The maximum atomic E-state index is 6.22. The van der Waals surface area contributed by atoms with Gasteiger partial charge in [-0.1, -0.05) is 38.4 Å². The molecule has 3 heteroatoms.